The number of benzene rings is 1. The second-order valence-electron chi connectivity index (χ2n) is 6.01. The van der Waals surface area contributed by atoms with Gasteiger partial charge in [0.1, 0.15) is 18.0 Å². The van der Waals surface area contributed by atoms with Gasteiger partial charge in [0.2, 0.25) is 0 Å². The summed E-state index contributed by atoms with van der Waals surface area (Å²) >= 11 is 0. The van der Waals surface area contributed by atoms with Crippen molar-refractivity contribution >= 4 is 18.5 Å². The Labute approximate surface area is 128 Å². The average molecular weight is 318 g/mol. The molecule has 8 heteroatoms. The first-order valence-corrected chi connectivity index (χ1v) is 6.89. The topological polar surface area (TPSA) is 47.6 Å². The van der Waals surface area contributed by atoms with Crippen molar-refractivity contribution < 1.29 is 27.2 Å². The lowest BCUT2D eigenvalue weighted by Crippen LogP contribution is -2.40. The highest BCUT2D eigenvalue weighted by Crippen LogP contribution is 2.14. The molecule has 0 radical (unpaired) electrons. The van der Waals surface area contributed by atoms with Gasteiger partial charge in [-0.3, -0.25) is 0 Å². The predicted octanol–water partition coefficient (Wildman–Crippen LogP) is 3.03. The van der Waals surface area contributed by atoms with Crippen LogP contribution in [0.15, 0.2) is 24.3 Å². The Balaban J connectivity index is 2.51. The first kappa shape index (κ1) is 18.2. The Morgan fingerprint density at radius 3 is 2.50 bits per heavy atom. The second kappa shape index (κ2) is 6.94. The largest absolute Gasteiger partial charge is 0.509 e. The van der Waals surface area contributed by atoms with E-state index in [0.717, 1.165) is 12.1 Å². The van der Waals surface area contributed by atoms with Crippen LogP contribution in [0.4, 0.5) is 17.7 Å². The Morgan fingerprint density at radius 2 is 1.95 bits per heavy atom. The van der Waals surface area contributed by atoms with Crippen LogP contribution in [0.2, 0.25) is 0 Å². The molecule has 1 atom stereocenters. The molecule has 22 heavy (non-hydrogen) atoms. The lowest BCUT2D eigenvalue weighted by atomic mass is 9.80. The van der Waals surface area contributed by atoms with E-state index >= 15 is 0 Å². The van der Waals surface area contributed by atoms with Crippen molar-refractivity contribution in [1.82, 2.24) is 5.32 Å². The second-order valence-corrected chi connectivity index (χ2v) is 6.01. The number of hydrogen-bond donors (Lipinski definition) is 1. The maximum atomic E-state index is 12.6. The van der Waals surface area contributed by atoms with Crippen molar-refractivity contribution in [3.8, 4) is 5.75 Å². The molecule has 1 N–H and O–H groups in total. The van der Waals surface area contributed by atoms with Crippen LogP contribution in [0.3, 0.4) is 0 Å². The molecule has 0 aliphatic carbocycles. The quantitative estimate of drug-likeness (QED) is 0.849. The standard InChI is InChI=1S/C14H20BF3NO3/c1-10(19-13(20)22-14(2,3)4)9-21-12-7-5-6-11(8-12)15(16,17)18/h5-8,10H,9H2,1-4H3,(H,19,20)/q-1. The van der Waals surface area contributed by atoms with Crippen molar-refractivity contribution in [2.24, 2.45) is 0 Å². The summed E-state index contributed by atoms with van der Waals surface area (Å²) in [5, 5.41) is 2.55. The van der Waals surface area contributed by atoms with Gasteiger partial charge in [0, 0.05) is 0 Å². The highest BCUT2D eigenvalue weighted by molar-refractivity contribution is 6.73. The fourth-order valence-corrected chi connectivity index (χ4v) is 1.58. The van der Waals surface area contributed by atoms with E-state index in [-0.39, 0.29) is 12.4 Å². The molecule has 0 saturated heterocycles. The zero-order chi connectivity index (χ0) is 17.0. The molecule has 0 heterocycles. The van der Waals surface area contributed by atoms with Crippen molar-refractivity contribution in [2.75, 3.05) is 6.61 Å². The maximum Gasteiger partial charge on any atom is 0.509 e. The van der Waals surface area contributed by atoms with Crippen LogP contribution in [0.1, 0.15) is 27.7 Å². The minimum Gasteiger partial charge on any atom is -0.492 e. The molecule has 1 aromatic carbocycles. The number of ether oxygens (including phenoxy) is 2. The van der Waals surface area contributed by atoms with Gasteiger partial charge in [-0.15, -0.1) is 5.46 Å². The third-order valence-corrected chi connectivity index (χ3v) is 2.50. The van der Waals surface area contributed by atoms with Gasteiger partial charge >= 0.3 is 13.1 Å². The minimum atomic E-state index is -5.06. The van der Waals surface area contributed by atoms with Gasteiger partial charge in [-0.05, 0) is 39.8 Å². The minimum absolute atomic E-state index is 0.0353. The molecule has 0 bridgehead atoms. The number of rotatable bonds is 5. The predicted molar refractivity (Wildman–Crippen MR) is 79.5 cm³/mol. The molecule has 0 spiro atoms. The molecule has 1 rings (SSSR count). The van der Waals surface area contributed by atoms with Crippen LogP contribution in [-0.4, -0.2) is 31.3 Å². The van der Waals surface area contributed by atoms with Crippen LogP contribution in [-0.2, 0) is 4.74 Å². The average Bonchev–Trinajstić information content (AvgIpc) is 2.33. The normalized spacial score (nSPS) is 13.4. The Bertz CT molecular complexity index is 515. The molecule has 0 aliphatic rings. The van der Waals surface area contributed by atoms with Crippen LogP contribution in [0.5, 0.6) is 5.75 Å². The zero-order valence-electron chi connectivity index (χ0n) is 13.0. The van der Waals surface area contributed by atoms with E-state index in [2.05, 4.69) is 5.32 Å². The molecule has 0 aliphatic heterocycles. The number of halogens is 3. The summed E-state index contributed by atoms with van der Waals surface area (Å²) in [6.45, 7) is 1.85. The van der Waals surface area contributed by atoms with Gasteiger partial charge in [-0.2, -0.15) is 0 Å². The van der Waals surface area contributed by atoms with E-state index < -0.39 is 30.2 Å². The van der Waals surface area contributed by atoms with Gasteiger partial charge in [0.15, 0.2) is 0 Å². The van der Waals surface area contributed by atoms with E-state index in [0.29, 0.717) is 0 Å². The summed E-state index contributed by atoms with van der Waals surface area (Å²) in [7, 11) is 0. The summed E-state index contributed by atoms with van der Waals surface area (Å²) in [5.41, 5.74) is -1.33. The number of alkyl carbamates (subject to hydrolysis) is 1. The summed E-state index contributed by atoms with van der Waals surface area (Å²) in [6, 6.07) is 4.25. The SMILES string of the molecule is CC(COc1cccc([B-](F)(F)F)c1)NC(=O)OC(C)(C)C. The van der Waals surface area contributed by atoms with Gasteiger partial charge < -0.3 is 27.7 Å². The van der Waals surface area contributed by atoms with Crippen LogP contribution >= 0.6 is 0 Å². The zero-order valence-corrected chi connectivity index (χ0v) is 13.0. The highest BCUT2D eigenvalue weighted by Gasteiger charge is 2.25. The molecule has 1 aromatic rings. The lowest BCUT2D eigenvalue weighted by Gasteiger charge is -2.22. The molecular weight excluding hydrogens is 298 g/mol. The molecule has 4 nitrogen and oxygen atoms in total. The monoisotopic (exact) mass is 318 g/mol. The smallest absolute Gasteiger partial charge is 0.492 e. The molecule has 0 saturated carbocycles. The number of carbonyl (C=O) groups is 1. The van der Waals surface area contributed by atoms with Crippen molar-refractivity contribution in [1.29, 1.82) is 0 Å². The Hall–Kier alpha value is -1.86. The van der Waals surface area contributed by atoms with Crippen molar-refractivity contribution in [3.63, 3.8) is 0 Å². The number of nitrogens with one attached hydrogen (secondary N) is 1. The van der Waals surface area contributed by atoms with Gasteiger partial charge in [0.05, 0.1) is 6.04 Å². The Kier molecular flexibility index (Phi) is 5.74. The lowest BCUT2D eigenvalue weighted by molar-refractivity contribution is 0.0494. The number of amides is 1. The first-order chi connectivity index (χ1) is 9.97. The van der Waals surface area contributed by atoms with Crippen LogP contribution in [0.25, 0.3) is 0 Å². The van der Waals surface area contributed by atoms with Gasteiger partial charge in [0.25, 0.3) is 0 Å². The molecule has 124 valence electrons. The third kappa shape index (κ3) is 6.73. The number of hydrogen-bond acceptors (Lipinski definition) is 3. The molecule has 1 unspecified atom stereocenters. The van der Waals surface area contributed by atoms with Crippen molar-refractivity contribution in [3.05, 3.63) is 24.3 Å². The van der Waals surface area contributed by atoms with E-state index in [9.17, 15) is 17.7 Å². The van der Waals surface area contributed by atoms with Crippen molar-refractivity contribution in [2.45, 2.75) is 39.3 Å². The highest BCUT2D eigenvalue weighted by atomic mass is 19.4. The summed E-state index contributed by atoms with van der Waals surface area (Å²) in [5.74, 6) is 0.106. The number of carbonyl (C=O) groups excluding carboxylic acids is 1. The fraction of sp³-hybridized carbons (Fsp3) is 0.500. The Morgan fingerprint density at radius 1 is 1.32 bits per heavy atom. The summed E-state index contributed by atoms with van der Waals surface area (Å²) in [6.07, 6.45) is -0.601. The van der Waals surface area contributed by atoms with Gasteiger partial charge in [-0.25, -0.2) is 4.79 Å². The fourth-order valence-electron chi connectivity index (χ4n) is 1.58. The van der Waals surface area contributed by atoms with E-state index in [1.165, 1.54) is 12.1 Å². The first-order valence-electron chi connectivity index (χ1n) is 6.89. The van der Waals surface area contributed by atoms with E-state index in [4.69, 9.17) is 9.47 Å². The molecule has 1 amide bonds. The van der Waals surface area contributed by atoms with E-state index in [1.54, 1.807) is 27.7 Å². The molecular formula is C14H20BF3NO3-. The molecule has 0 aromatic heterocycles. The van der Waals surface area contributed by atoms with Crippen LogP contribution in [0, 0.1) is 0 Å². The summed E-state index contributed by atoms with van der Waals surface area (Å²) in [4.78, 5) is 11.5. The van der Waals surface area contributed by atoms with E-state index in [1.807, 2.05) is 0 Å². The van der Waals surface area contributed by atoms with Crippen LogP contribution < -0.4 is 15.5 Å². The molecule has 0 fully saturated rings. The third-order valence-electron chi connectivity index (χ3n) is 2.50. The summed E-state index contributed by atoms with van der Waals surface area (Å²) < 4.78 is 48.2. The maximum absolute atomic E-state index is 12.6. The van der Waals surface area contributed by atoms with Gasteiger partial charge in [-0.1, -0.05) is 12.1 Å².